The summed E-state index contributed by atoms with van der Waals surface area (Å²) in [5.41, 5.74) is 9.16. The fraction of sp³-hybridized carbons (Fsp3) is 0.667. The minimum absolute atomic E-state index is 0.199. The van der Waals surface area contributed by atoms with Crippen molar-refractivity contribution in [3.63, 3.8) is 0 Å². The van der Waals surface area contributed by atoms with Gasteiger partial charge < -0.3 is 10.2 Å². The number of nitrogens with one attached hydrogen (secondary N) is 3. The smallest absolute Gasteiger partial charge is 0.237 e. The molecule has 0 aromatic heterocycles. The third-order valence-electron chi connectivity index (χ3n) is 7.44. The molecule has 2 saturated carbocycles. The minimum Gasteiger partial charge on any atom is -0.378 e. The number of hydrazine groups is 1. The second-order valence-corrected chi connectivity index (χ2v) is 8.97. The molecule has 2 heterocycles. The fourth-order valence-electron chi connectivity index (χ4n) is 6.28. The van der Waals surface area contributed by atoms with Crippen LogP contribution in [0.3, 0.4) is 0 Å². The first-order valence-corrected chi connectivity index (χ1v) is 10.2. The summed E-state index contributed by atoms with van der Waals surface area (Å²) in [6.07, 6.45) is 5.77. The molecule has 5 heteroatoms. The van der Waals surface area contributed by atoms with Crippen LogP contribution in [-0.4, -0.2) is 38.1 Å². The van der Waals surface area contributed by atoms with Crippen molar-refractivity contribution in [3.8, 4) is 0 Å². The van der Waals surface area contributed by atoms with Crippen LogP contribution in [0.25, 0.3) is 0 Å². The fourth-order valence-corrected chi connectivity index (χ4v) is 6.28. The maximum Gasteiger partial charge on any atom is 0.237 e. The molecule has 7 unspecified atom stereocenters. The maximum atomic E-state index is 12.6. The number of benzene rings is 1. The molecule has 2 aliphatic heterocycles. The van der Waals surface area contributed by atoms with E-state index in [-0.39, 0.29) is 11.8 Å². The molecule has 2 saturated heterocycles. The van der Waals surface area contributed by atoms with Gasteiger partial charge in [0.25, 0.3) is 0 Å². The van der Waals surface area contributed by atoms with Crippen LogP contribution in [0.5, 0.6) is 0 Å². The Morgan fingerprint density at radius 3 is 2.50 bits per heavy atom. The van der Waals surface area contributed by atoms with E-state index in [1.54, 1.807) is 0 Å². The molecule has 1 amide bonds. The number of hydrogen-bond acceptors (Lipinski definition) is 4. The van der Waals surface area contributed by atoms with Gasteiger partial charge in [-0.15, -0.1) is 0 Å². The molecule has 140 valence electrons. The number of anilines is 1. The van der Waals surface area contributed by atoms with Gasteiger partial charge in [-0.05, 0) is 61.1 Å². The summed E-state index contributed by atoms with van der Waals surface area (Å²) in [4.78, 5) is 14.7. The lowest BCUT2D eigenvalue weighted by Gasteiger charge is -2.40. The summed E-state index contributed by atoms with van der Waals surface area (Å²) < 4.78 is 0. The van der Waals surface area contributed by atoms with E-state index in [1.807, 2.05) is 0 Å². The number of rotatable bonds is 2. The van der Waals surface area contributed by atoms with Crippen LogP contribution in [0, 0.1) is 17.8 Å². The van der Waals surface area contributed by atoms with E-state index < -0.39 is 0 Å². The maximum absolute atomic E-state index is 12.6. The second-order valence-electron chi connectivity index (χ2n) is 8.97. The largest absolute Gasteiger partial charge is 0.378 e. The SMILES string of the molecule is CN(C)c1ccc(C2CC3NNC(=O)C4CCCC5NC(C2)C3C54)cc1. The monoisotopic (exact) mass is 354 g/mol. The van der Waals surface area contributed by atoms with Crippen molar-refractivity contribution in [3.05, 3.63) is 29.8 Å². The van der Waals surface area contributed by atoms with Gasteiger partial charge in [-0.25, -0.2) is 5.43 Å². The zero-order valence-electron chi connectivity index (χ0n) is 15.7. The summed E-state index contributed by atoms with van der Waals surface area (Å²) in [5.74, 6) is 2.08. The van der Waals surface area contributed by atoms with Crippen molar-refractivity contribution >= 4 is 11.6 Å². The third-order valence-corrected chi connectivity index (χ3v) is 7.44. The van der Waals surface area contributed by atoms with Gasteiger partial charge in [-0.2, -0.15) is 0 Å². The van der Waals surface area contributed by atoms with Crippen LogP contribution in [-0.2, 0) is 4.79 Å². The highest BCUT2D eigenvalue weighted by atomic mass is 16.2. The number of nitrogens with zero attached hydrogens (tertiary/aromatic N) is 1. The topological polar surface area (TPSA) is 56.4 Å². The molecule has 5 nitrogen and oxygen atoms in total. The zero-order chi connectivity index (χ0) is 17.8. The van der Waals surface area contributed by atoms with Crippen LogP contribution in [0.2, 0.25) is 0 Å². The average molecular weight is 354 g/mol. The summed E-state index contributed by atoms with van der Waals surface area (Å²) in [7, 11) is 4.16. The molecule has 0 radical (unpaired) electrons. The molecule has 26 heavy (non-hydrogen) atoms. The average Bonchev–Trinajstić information content (AvgIpc) is 2.97. The van der Waals surface area contributed by atoms with Crippen LogP contribution in [0.1, 0.15) is 43.6 Å². The van der Waals surface area contributed by atoms with E-state index in [0.29, 0.717) is 35.9 Å². The van der Waals surface area contributed by atoms with E-state index in [2.05, 4.69) is 59.4 Å². The molecule has 1 aromatic carbocycles. The number of carbonyl (C=O) groups excluding carboxylic acids is 1. The van der Waals surface area contributed by atoms with Crippen molar-refractivity contribution in [2.45, 2.75) is 56.1 Å². The molecular weight excluding hydrogens is 324 g/mol. The van der Waals surface area contributed by atoms with Gasteiger partial charge in [-0.1, -0.05) is 18.6 Å². The van der Waals surface area contributed by atoms with Crippen molar-refractivity contribution in [1.82, 2.24) is 16.2 Å². The first-order valence-electron chi connectivity index (χ1n) is 10.2. The predicted octanol–water partition coefficient (Wildman–Crippen LogP) is 2.01. The van der Waals surface area contributed by atoms with E-state index in [0.717, 1.165) is 12.8 Å². The first-order chi connectivity index (χ1) is 12.6. The number of carbonyl (C=O) groups is 1. The van der Waals surface area contributed by atoms with Gasteiger partial charge in [0, 0.05) is 43.8 Å². The lowest BCUT2D eigenvalue weighted by atomic mass is 9.64. The second kappa shape index (κ2) is 6.24. The summed E-state index contributed by atoms with van der Waals surface area (Å²) in [6.45, 7) is 0. The zero-order valence-corrected chi connectivity index (χ0v) is 15.7. The van der Waals surface area contributed by atoms with Crippen molar-refractivity contribution in [2.24, 2.45) is 17.8 Å². The lowest BCUT2D eigenvalue weighted by Crippen LogP contribution is -2.52. The van der Waals surface area contributed by atoms with E-state index in [1.165, 1.54) is 30.5 Å². The number of amides is 1. The van der Waals surface area contributed by atoms with Gasteiger partial charge >= 0.3 is 0 Å². The molecule has 4 aliphatic rings. The van der Waals surface area contributed by atoms with Gasteiger partial charge in [-0.3, -0.25) is 10.2 Å². The van der Waals surface area contributed by atoms with E-state index in [9.17, 15) is 4.79 Å². The normalized spacial score (nSPS) is 41.2. The minimum atomic E-state index is 0.199. The molecule has 0 spiro atoms. The molecule has 0 bridgehead atoms. The molecule has 5 rings (SSSR count). The van der Waals surface area contributed by atoms with Gasteiger partial charge in [0.2, 0.25) is 5.91 Å². The Kier molecular flexibility index (Phi) is 3.98. The Labute approximate surface area is 155 Å². The summed E-state index contributed by atoms with van der Waals surface area (Å²) >= 11 is 0. The Morgan fingerprint density at radius 1 is 0.962 bits per heavy atom. The highest BCUT2D eigenvalue weighted by Crippen LogP contribution is 2.50. The molecule has 4 fully saturated rings. The molecule has 3 N–H and O–H groups in total. The quantitative estimate of drug-likeness (QED) is 0.760. The van der Waals surface area contributed by atoms with Crippen LogP contribution < -0.4 is 21.1 Å². The number of hydrogen-bond donors (Lipinski definition) is 3. The van der Waals surface area contributed by atoms with Crippen molar-refractivity contribution < 1.29 is 4.79 Å². The molecule has 1 aromatic rings. The Bertz CT molecular complexity index is 688. The molecule has 2 aliphatic carbocycles. The summed E-state index contributed by atoms with van der Waals surface area (Å²) in [5, 5.41) is 3.95. The van der Waals surface area contributed by atoms with E-state index >= 15 is 0 Å². The standard InChI is InChI=1S/C21H30N4O/c1-25(2)14-8-6-12(7-9-14)13-10-17-20-18(11-13)23-24-21(26)15-4-3-5-16(22-17)19(15)20/h6-9,13,15-20,22-23H,3-5,10-11H2,1-2H3,(H,24,26). The lowest BCUT2D eigenvalue weighted by molar-refractivity contribution is -0.128. The Hall–Kier alpha value is -1.59. The highest BCUT2D eigenvalue weighted by molar-refractivity contribution is 5.79. The molecule has 7 atom stereocenters. The van der Waals surface area contributed by atoms with Crippen LogP contribution in [0.15, 0.2) is 24.3 Å². The Morgan fingerprint density at radius 2 is 1.73 bits per heavy atom. The highest BCUT2D eigenvalue weighted by Gasteiger charge is 2.56. The van der Waals surface area contributed by atoms with Gasteiger partial charge in [0.05, 0.1) is 0 Å². The predicted molar refractivity (Wildman–Crippen MR) is 103 cm³/mol. The third kappa shape index (κ3) is 2.55. The molecular formula is C21H30N4O. The van der Waals surface area contributed by atoms with Crippen molar-refractivity contribution in [2.75, 3.05) is 19.0 Å². The van der Waals surface area contributed by atoms with Gasteiger partial charge in [0.15, 0.2) is 0 Å². The van der Waals surface area contributed by atoms with E-state index in [4.69, 9.17) is 0 Å². The first kappa shape index (κ1) is 16.6. The van der Waals surface area contributed by atoms with Gasteiger partial charge in [0.1, 0.15) is 0 Å². The Balaban J connectivity index is 1.42. The van der Waals surface area contributed by atoms with Crippen LogP contribution in [0.4, 0.5) is 5.69 Å². The van der Waals surface area contributed by atoms with Crippen molar-refractivity contribution in [1.29, 1.82) is 0 Å². The van der Waals surface area contributed by atoms with Crippen LogP contribution >= 0.6 is 0 Å². The summed E-state index contributed by atoms with van der Waals surface area (Å²) in [6, 6.07) is 10.5.